The van der Waals surface area contributed by atoms with Crippen molar-refractivity contribution in [3.8, 4) is 0 Å². The molecular weight excluding hydrogens is 626 g/mol. The van der Waals surface area contributed by atoms with Crippen molar-refractivity contribution in [1.82, 2.24) is 10.0 Å². The minimum atomic E-state index is -0.584. The number of hydrazine groups is 1. The summed E-state index contributed by atoms with van der Waals surface area (Å²) in [5, 5.41) is 13.1. The minimum Gasteiger partial charge on any atom is -0.272 e. The van der Waals surface area contributed by atoms with Crippen molar-refractivity contribution in [2.24, 2.45) is 11.8 Å². The number of carbonyl (C=O) groups excluding carboxylic acids is 3. The molecule has 172 valence electrons. The van der Waals surface area contributed by atoms with Crippen LogP contribution in [0, 0.1) is 22.0 Å². The molecule has 1 saturated carbocycles. The van der Waals surface area contributed by atoms with Crippen LogP contribution in [-0.2, 0) is 16.1 Å². The van der Waals surface area contributed by atoms with E-state index in [1.54, 1.807) is 12.1 Å². The third kappa shape index (κ3) is 4.76. The maximum atomic E-state index is 13.5. The van der Waals surface area contributed by atoms with E-state index in [0.717, 1.165) is 20.1 Å². The average molecular weight is 644 g/mol. The lowest BCUT2D eigenvalue weighted by molar-refractivity contribution is -0.384. The lowest BCUT2D eigenvalue weighted by atomic mass is 9.81. The van der Waals surface area contributed by atoms with E-state index in [4.69, 9.17) is 0 Å². The molecule has 0 unspecified atom stereocenters. The van der Waals surface area contributed by atoms with Gasteiger partial charge in [0.1, 0.15) is 0 Å². The van der Waals surface area contributed by atoms with Crippen LogP contribution < -0.4 is 0 Å². The van der Waals surface area contributed by atoms with Gasteiger partial charge in [-0.2, -0.15) is 5.01 Å². The summed E-state index contributed by atoms with van der Waals surface area (Å²) in [6, 6.07) is 12.3. The van der Waals surface area contributed by atoms with Crippen molar-refractivity contribution in [1.29, 1.82) is 0 Å². The molecule has 2 fully saturated rings. The fraction of sp³-hybridized carbons (Fsp3) is 0.318. The number of imide groups is 1. The molecule has 2 aromatic carbocycles. The summed E-state index contributed by atoms with van der Waals surface area (Å²) in [4.78, 5) is 50.7. The van der Waals surface area contributed by atoms with Crippen LogP contribution >= 0.6 is 47.8 Å². The lowest BCUT2D eigenvalue weighted by Gasteiger charge is -2.30. The van der Waals surface area contributed by atoms with Crippen LogP contribution in [0.5, 0.6) is 0 Å². The van der Waals surface area contributed by atoms with Crippen LogP contribution in [0.15, 0.2) is 53.0 Å². The number of alkyl halides is 2. The molecular formula is C22H18Br3N3O5. The fourth-order valence-electron chi connectivity index (χ4n) is 4.19. The van der Waals surface area contributed by atoms with Crippen molar-refractivity contribution >= 4 is 71.2 Å². The number of carbonyl (C=O) groups is 3. The zero-order valence-electron chi connectivity index (χ0n) is 17.1. The first-order valence-electron chi connectivity index (χ1n) is 10.1. The lowest BCUT2D eigenvalue weighted by Crippen LogP contribution is -2.49. The van der Waals surface area contributed by atoms with Gasteiger partial charge in [0.2, 0.25) is 0 Å². The van der Waals surface area contributed by atoms with Gasteiger partial charge in [-0.15, -0.1) is 0 Å². The topological polar surface area (TPSA) is 101 Å². The summed E-state index contributed by atoms with van der Waals surface area (Å²) < 4.78 is 0.852. The second-order valence-corrected chi connectivity index (χ2v) is 11.3. The molecule has 11 heteroatoms. The first-order valence-corrected chi connectivity index (χ1v) is 12.8. The second-order valence-electron chi connectivity index (χ2n) is 8.00. The van der Waals surface area contributed by atoms with E-state index in [0.29, 0.717) is 12.8 Å². The number of hydrogen-bond acceptors (Lipinski definition) is 5. The van der Waals surface area contributed by atoms with Crippen LogP contribution in [0.3, 0.4) is 0 Å². The van der Waals surface area contributed by atoms with Crippen molar-refractivity contribution in [3.63, 3.8) is 0 Å². The minimum absolute atomic E-state index is 0.00446. The zero-order valence-corrected chi connectivity index (χ0v) is 21.8. The van der Waals surface area contributed by atoms with E-state index in [2.05, 4.69) is 47.8 Å². The SMILES string of the molecule is O=C(c1ccc([N+](=O)[O-])cc1)N(Cc1ccc(Br)cc1)N1C(=O)[C@H]2C[C@H](Br)[C@@H](Br)C[C@H]2C1=O. The first kappa shape index (κ1) is 24.0. The number of benzene rings is 2. The molecule has 1 heterocycles. The smallest absolute Gasteiger partial charge is 0.272 e. The quantitative estimate of drug-likeness (QED) is 0.201. The Kier molecular flexibility index (Phi) is 7.01. The highest BCUT2D eigenvalue weighted by Crippen LogP contribution is 2.44. The van der Waals surface area contributed by atoms with Gasteiger partial charge in [-0.25, -0.2) is 5.01 Å². The largest absolute Gasteiger partial charge is 0.273 e. The molecule has 1 aliphatic heterocycles. The molecule has 0 N–H and O–H groups in total. The normalized spacial score (nSPS) is 24.5. The first-order chi connectivity index (χ1) is 15.7. The molecule has 4 atom stereocenters. The summed E-state index contributed by atoms with van der Waals surface area (Å²) in [6.07, 6.45) is 0.971. The number of nitro benzene ring substituents is 1. The van der Waals surface area contributed by atoms with Crippen molar-refractivity contribution in [2.75, 3.05) is 0 Å². The van der Waals surface area contributed by atoms with Gasteiger partial charge in [0.15, 0.2) is 0 Å². The summed E-state index contributed by atoms with van der Waals surface area (Å²) in [5.74, 6) is -2.40. The van der Waals surface area contributed by atoms with E-state index in [1.165, 1.54) is 24.3 Å². The summed E-state index contributed by atoms with van der Waals surface area (Å²) in [5.41, 5.74) is 0.711. The molecule has 4 rings (SSSR count). The van der Waals surface area contributed by atoms with Gasteiger partial charge < -0.3 is 0 Å². The van der Waals surface area contributed by atoms with Crippen molar-refractivity contribution < 1.29 is 19.3 Å². The predicted octanol–water partition coefficient (Wildman–Crippen LogP) is 4.84. The molecule has 0 radical (unpaired) electrons. The molecule has 0 bridgehead atoms. The highest BCUT2D eigenvalue weighted by atomic mass is 79.9. The van der Waals surface area contributed by atoms with Gasteiger partial charge in [-0.3, -0.25) is 24.5 Å². The van der Waals surface area contributed by atoms with Gasteiger partial charge in [0.05, 0.1) is 23.3 Å². The molecule has 33 heavy (non-hydrogen) atoms. The molecule has 3 amide bonds. The van der Waals surface area contributed by atoms with E-state index >= 15 is 0 Å². The summed E-state index contributed by atoms with van der Waals surface area (Å²) >= 11 is 10.5. The van der Waals surface area contributed by atoms with Gasteiger partial charge in [-0.05, 0) is 42.7 Å². The Labute approximate surface area is 214 Å². The number of halogens is 3. The Bertz CT molecular complexity index is 1080. The molecule has 0 spiro atoms. The summed E-state index contributed by atoms with van der Waals surface area (Å²) in [7, 11) is 0. The van der Waals surface area contributed by atoms with Crippen LogP contribution in [0.4, 0.5) is 5.69 Å². The molecule has 2 aliphatic rings. The number of fused-ring (bicyclic) bond motifs is 1. The maximum Gasteiger partial charge on any atom is 0.273 e. The van der Waals surface area contributed by atoms with E-state index < -0.39 is 34.5 Å². The number of hydrogen-bond donors (Lipinski definition) is 0. The second kappa shape index (κ2) is 9.63. The van der Waals surface area contributed by atoms with Crippen LogP contribution in [0.1, 0.15) is 28.8 Å². The number of non-ortho nitro benzene ring substituents is 1. The Morgan fingerprint density at radius 2 is 1.48 bits per heavy atom. The van der Waals surface area contributed by atoms with Gasteiger partial charge in [0.25, 0.3) is 23.4 Å². The molecule has 0 aromatic heterocycles. The highest BCUT2D eigenvalue weighted by molar-refractivity contribution is 9.12. The number of nitro groups is 1. The molecule has 1 aliphatic carbocycles. The van der Waals surface area contributed by atoms with Crippen LogP contribution in [-0.4, -0.2) is 42.3 Å². The Morgan fingerprint density at radius 1 is 0.970 bits per heavy atom. The van der Waals surface area contributed by atoms with Crippen LogP contribution in [0.25, 0.3) is 0 Å². The Hall–Kier alpha value is -2.11. The molecule has 8 nitrogen and oxygen atoms in total. The third-order valence-corrected chi connectivity index (χ3v) is 9.20. The fourth-order valence-corrected chi connectivity index (χ4v) is 5.69. The predicted molar refractivity (Wildman–Crippen MR) is 131 cm³/mol. The average Bonchev–Trinajstić information content (AvgIpc) is 3.02. The highest BCUT2D eigenvalue weighted by Gasteiger charge is 2.54. The van der Waals surface area contributed by atoms with Crippen LogP contribution in [0.2, 0.25) is 0 Å². The standard InChI is InChI=1S/C22H18Br3N3O5/c23-14-5-1-12(2-6-14)11-26(20(29)13-3-7-15(8-4-13)28(32)33)27-21(30)16-9-18(24)19(25)10-17(16)22(27)31/h1-8,16-19H,9-11H2/t16-,17+,18-,19-/m0/s1. The monoisotopic (exact) mass is 641 g/mol. The third-order valence-electron chi connectivity index (χ3n) is 5.93. The number of amides is 3. The summed E-state index contributed by atoms with van der Waals surface area (Å²) in [6.45, 7) is -0.00446. The van der Waals surface area contributed by atoms with E-state index in [1.807, 2.05) is 12.1 Å². The number of rotatable bonds is 5. The van der Waals surface area contributed by atoms with Gasteiger partial charge >= 0.3 is 0 Å². The van der Waals surface area contributed by atoms with Crippen molar-refractivity contribution in [3.05, 3.63) is 74.2 Å². The molecule has 2 aromatic rings. The Morgan fingerprint density at radius 3 is 1.97 bits per heavy atom. The molecule has 1 saturated heterocycles. The van der Waals surface area contributed by atoms with E-state index in [9.17, 15) is 24.5 Å². The van der Waals surface area contributed by atoms with Gasteiger partial charge in [-0.1, -0.05) is 59.9 Å². The zero-order chi connectivity index (χ0) is 23.9. The van der Waals surface area contributed by atoms with Gasteiger partial charge in [0, 0.05) is 31.8 Å². The number of nitrogens with zero attached hydrogens (tertiary/aromatic N) is 3. The maximum absolute atomic E-state index is 13.5. The Balaban J connectivity index is 1.70. The van der Waals surface area contributed by atoms with Crippen molar-refractivity contribution in [2.45, 2.75) is 29.0 Å². The van der Waals surface area contributed by atoms with E-state index in [-0.39, 0.29) is 27.4 Å².